The monoisotopic (exact) mass is 348 g/mol. The molecular formula is C14H21FN2O5S. The van der Waals surface area contributed by atoms with E-state index in [1.54, 1.807) is 0 Å². The van der Waals surface area contributed by atoms with E-state index in [0.29, 0.717) is 19.5 Å². The van der Waals surface area contributed by atoms with Crippen LogP contribution in [0.2, 0.25) is 0 Å². The van der Waals surface area contributed by atoms with Crippen molar-refractivity contribution in [2.75, 3.05) is 13.1 Å². The van der Waals surface area contributed by atoms with Crippen LogP contribution in [0.25, 0.3) is 0 Å². The number of rotatable bonds is 10. The van der Waals surface area contributed by atoms with Crippen LogP contribution in [0.5, 0.6) is 5.75 Å². The highest BCUT2D eigenvalue weighted by Gasteiger charge is 2.23. The SMILES string of the molecule is NCCCCCCNC(=O)C(F)c1ccccc1OS(=O)(=O)[O-].[H+]. The van der Waals surface area contributed by atoms with Crippen LogP contribution in [0.3, 0.4) is 0 Å². The van der Waals surface area contributed by atoms with E-state index in [4.69, 9.17) is 5.73 Å². The molecule has 1 aromatic carbocycles. The van der Waals surface area contributed by atoms with Crippen molar-refractivity contribution in [1.29, 1.82) is 0 Å². The summed E-state index contributed by atoms with van der Waals surface area (Å²) in [5.74, 6) is -1.41. The van der Waals surface area contributed by atoms with Gasteiger partial charge in [-0.2, -0.15) is 0 Å². The molecule has 9 heteroatoms. The highest BCUT2D eigenvalue weighted by atomic mass is 32.3. The molecule has 1 amide bonds. The number of carbonyl (C=O) groups is 1. The van der Waals surface area contributed by atoms with Gasteiger partial charge in [0, 0.05) is 12.1 Å². The largest absolute Gasteiger partial charge is 1.00 e. The summed E-state index contributed by atoms with van der Waals surface area (Å²) >= 11 is 0. The maximum Gasteiger partial charge on any atom is 1.00 e. The number of nitrogens with one attached hydrogen (secondary N) is 1. The fourth-order valence-electron chi connectivity index (χ4n) is 1.94. The Morgan fingerprint density at radius 3 is 2.61 bits per heavy atom. The molecular weight excluding hydrogens is 327 g/mol. The lowest BCUT2D eigenvalue weighted by Crippen LogP contribution is -2.28. The van der Waals surface area contributed by atoms with Crippen molar-refractivity contribution in [1.82, 2.24) is 5.32 Å². The van der Waals surface area contributed by atoms with Crippen LogP contribution in [0.15, 0.2) is 24.3 Å². The zero-order valence-electron chi connectivity index (χ0n) is 13.5. The van der Waals surface area contributed by atoms with Gasteiger partial charge in [-0.25, -0.2) is 12.8 Å². The van der Waals surface area contributed by atoms with E-state index in [2.05, 4.69) is 9.50 Å². The molecule has 3 N–H and O–H groups in total. The summed E-state index contributed by atoms with van der Waals surface area (Å²) in [6.45, 7) is 0.908. The van der Waals surface area contributed by atoms with E-state index in [1.165, 1.54) is 18.2 Å². The number of hydrogen-bond acceptors (Lipinski definition) is 6. The van der Waals surface area contributed by atoms with E-state index in [-0.39, 0.29) is 6.99 Å². The molecule has 0 heterocycles. The second-order valence-corrected chi connectivity index (χ2v) is 5.87. The maximum absolute atomic E-state index is 14.2. The first-order chi connectivity index (χ1) is 10.8. The minimum atomic E-state index is -5.05. The van der Waals surface area contributed by atoms with Gasteiger partial charge in [0.1, 0.15) is 5.75 Å². The molecule has 1 unspecified atom stereocenters. The summed E-state index contributed by atoms with van der Waals surface area (Å²) in [4.78, 5) is 11.8. The Morgan fingerprint density at radius 1 is 1.30 bits per heavy atom. The quantitative estimate of drug-likeness (QED) is 0.373. The first kappa shape index (κ1) is 19.3. The van der Waals surface area contributed by atoms with Crippen LogP contribution in [0.4, 0.5) is 4.39 Å². The highest BCUT2D eigenvalue weighted by Crippen LogP contribution is 2.28. The minimum Gasteiger partial charge on any atom is -0.716 e. The van der Waals surface area contributed by atoms with Gasteiger partial charge in [-0.3, -0.25) is 4.79 Å². The van der Waals surface area contributed by atoms with Crippen LogP contribution in [-0.2, 0) is 15.2 Å². The number of carbonyl (C=O) groups excluding carboxylic acids is 1. The van der Waals surface area contributed by atoms with Crippen molar-refractivity contribution in [3.8, 4) is 5.75 Å². The van der Waals surface area contributed by atoms with E-state index >= 15 is 0 Å². The smallest absolute Gasteiger partial charge is 0.716 e. The van der Waals surface area contributed by atoms with Crippen molar-refractivity contribution in [2.45, 2.75) is 31.9 Å². The Kier molecular flexibility index (Phi) is 7.93. The van der Waals surface area contributed by atoms with E-state index in [0.717, 1.165) is 25.3 Å². The van der Waals surface area contributed by atoms with Gasteiger partial charge in [-0.1, -0.05) is 31.0 Å². The molecule has 0 radical (unpaired) electrons. The number of amides is 1. The molecule has 23 heavy (non-hydrogen) atoms. The third-order valence-corrected chi connectivity index (χ3v) is 3.43. The van der Waals surface area contributed by atoms with Gasteiger partial charge >= 0.3 is 1.43 Å². The second-order valence-electron chi connectivity index (χ2n) is 4.89. The second kappa shape index (κ2) is 9.43. The third kappa shape index (κ3) is 7.40. The molecule has 0 saturated carbocycles. The topological polar surface area (TPSA) is 122 Å². The fraction of sp³-hybridized carbons (Fsp3) is 0.500. The number of benzene rings is 1. The summed E-state index contributed by atoms with van der Waals surface area (Å²) in [5.41, 5.74) is 5.04. The summed E-state index contributed by atoms with van der Waals surface area (Å²) in [6.07, 6.45) is 1.25. The molecule has 1 atom stereocenters. The molecule has 0 aliphatic carbocycles. The Balaban J connectivity index is 0.00000529. The number of para-hydroxylation sites is 1. The lowest BCUT2D eigenvalue weighted by molar-refractivity contribution is -0.126. The molecule has 1 rings (SSSR count). The molecule has 1 aromatic rings. The summed E-state index contributed by atoms with van der Waals surface area (Å²) < 4.78 is 50.2. The van der Waals surface area contributed by atoms with Crippen LogP contribution in [0.1, 0.15) is 38.8 Å². The molecule has 130 valence electrons. The van der Waals surface area contributed by atoms with Gasteiger partial charge in [0.15, 0.2) is 0 Å². The van der Waals surface area contributed by atoms with Gasteiger partial charge in [-0.15, -0.1) is 0 Å². The lowest BCUT2D eigenvalue weighted by Gasteiger charge is -2.15. The fourth-order valence-corrected chi connectivity index (χ4v) is 2.31. The molecule has 0 fully saturated rings. The third-order valence-electron chi connectivity index (χ3n) is 3.04. The Morgan fingerprint density at radius 2 is 1.96 bits per heavy atom. The first-order valence-electron chi connectivity index (χ1n) is 7.21. The van der Waals surface area contributed by atoms with Gasteiger partial charge in [0.2, 0.25) is 6.17 Å². The Labute approximate surface area is 136 Å². The van der Waals surface area contributed by atoms with Crippen molar-refractivity contribution in [2.24, 2.45) is 5.73 Å². The predicted molar refractivity (Wildman–Crippen MR) is 82.3 cm³/mol. The summed E-state index contributed by atoms with van der Waals surface area (Å²) in [5, 5.41) is 2.42. The number of halogens is 1. The van der Waals surface area contributed by atoms with Crippen molar-refractivity contribution < 1.29 is 27.8 Å². The lowest BCUT2D eigenvalue weighted by atomic mass is 10.1. The summed E-state index contributed by atoms with van der Waals surface area (Å²) in [7, 11) is -5.05. The van der Waals surface area contributed by atoms with Crippen LogP contribution < -0.4 is 15.2 Å². The zero-order valence-corrected chi connectivity index (χ0v) is 13.4. The molecule has 0 spiro atoms. The average molecular weight is 348 g/mol. The number of nitrogens with two attached hydrogens (primary N) is 1. The molecule has 0 saturated heterocycles. The zero-order chi connectivity index (χ0) is 17.3. The van der Waals surface area contributed by atoms with Gasteiger partial charge < -0.3 is 19.8 Å². The summed E-state index contributed by atoms with van der Waals surface area (Å²) in [6, 6.07) is 5.07. The number of hydrogen-bond donors (Lipinski definition) is 2. The number of alkyl halides is 1. The van der Waals surface area contributed by atoms with E-state index in [9.17, 15) is 22.2 Å². The standard InChI is InChI=1S/C14H21FN2O5S/c15-13(14(18)17-10-6-2-1-5-9-16)11-7-3-4-8-12(11)22-23(19,20)21/h3-4,7-8,13H,1-2,5-6,9-10,16H2,(H,17,18)(H,19,20,21). The normalized spacial score (nSPS) is 12.7. The molecule has 7 nitrogen and oxygen atoms in total. The Hall–Kier alpha value is -1.71. The maximum atomic E-state index is 14.2. The van der Waals surface area contributed by atoms with Gasteiger partial charge in [0.25, 0.3) is 16.3 Å². The molecule has 0 aliphatic rings. The number of unbranched alkanes of at least 4 members (excludes halogenated alkanes) is 3. The minimum absolute atomic E-state index is 0. The van der Waals surface area contributed by atoms with E-state index in [1.807, 2.05) is 0 Å². The molecule has 0 aliphatic heterocycles. The highest BCUT2D eigenvalue weighted by molar-refractivity contribution is 7.81. The van der Waals surface area contributed by atoms with Crippen molar-refractivity contribution >= 4 is 16.3 Å². The predicted octanol–water partition coefficient (Wildman–Crippen LogP) is 1.28. The molecule has 0 bridgehead atoms. The average Bonchev–Trinajstić information content (AvgIpc) is 2.49. The first-order valence-corrected chi connectivity index (χ1v) is 8.54. The van der Waals surface area contributed by atoms with Crippen LogP contribution in [-0.4, -0.2) is 32.0 Å². The molecule has 0 aromatic heterocycles. The van der Waals surface area contributed by atoms with Gasteiger partial charge in [0.05, 0.1) is 0 Å². The van der Waals surface area contributed by atoms with Crippen molar-refractivity contribution in [3.63, 3.8) is 0 Å². The van der Waals surface area contributed by atoms with Gasteiger partial charge in [-0.05, 0) is 25.5 Å². The Bertz CT molecular complexity index is 615. The van der Waals surface area contributed by atoms with Crippen LogP contribution in [0, 0.1) is 0 Å². The van der Waals surface area contributed by atoms with Crippen LogP contribution >= 0.6 is 0 Å². The van der Waals surface area contributed by atoms with E-state index < -0.39 is 28.2 Å². The van der Waals surface area contributed by atoms with Crippen molar-refractivity contribution in [3.05, 3.63) is 29.8 Å².